The zero-order valence-electron chi connectivity index (χ0n) is 17.8. The fourth-order valence-electron chi connectivity index (χ4n) is 2.99. The van der Waals surface area contributed by atoms with Crippen LogP contribution in [-0.4, -0.2) is 26.8 Å². The van der Waals surface area contributed by atoms with Crippen molar-refractivity contribution in [3.8, 4) is 0 Å². The highest BCUT2D eigenvalue weighted by Crippen LogP contribution is 2.21. The molecule has 172 valence electrons. The number of rotatable bonds is 7. The fourth-order valence-corrected chi connectivity index (χ4v) is 4.31. The number of carbonyl (C=O) groups excluding carboxylic acids is 2. The van der Waals surface area contributed by atoms with E-state index in [1.54, 1.807) is 25.1 Å². The molecule has 0 spiro atoms. The minimum Gasteiger partial charge on any atom is -0.343 e. The van der Waals surface area contributed by atoms with Crippen LogP contribution in [0.4, 0.5) is 20.2 Å². The third kappa shape index (κ3) is 6.13. The molecule has 10 heteroatoms. The van der Waals surface area contributed by atoms with E-state index in [-0.39, 0.29) is 16.1 Å². The molecular formula is C23H21F2N3O4S. The van der Waals surface area contributed by atoms with Crippen LogP contribution in [-0.2, 0) is 14.8 Å². The topological polar surface area (TPSA) is 104 Å². The molecule has 0 aliphatic heterocycles. The summed E-state index contributed by atoms with van der Waals surface area (Å²) in [5.41, 5.74) is 1.76. The molecule has 0 aromatic heterocycles. The summed E-state index contributed by atoms with van der Waals surface area (Å²) in [4.78, 5) is 24.4. The molecule has 0 unspecified atom stereocenters. The standard InChI is InChI=1S/C23H21F2N3O4S/c1-14-4-3-5-18(10-14)28-33(31,32)21-11-16(7-6-15(21)2)23(30)26-13-22(29)27-17-8-9-19(24)20(25)12-17/h3-12,28H,13H2,1-2H3,(H,26,30)(H,27,29). The summed E-state index contributed by atoms with van der Waals surface area (Å²) in [7, 11) is -3.97. The van der Waals surface area contributed by atoms with Gasteiger partial charge in [-0.1, -0.05) is 18.2 Å². The second-order valence-corrected chi connectivity index (χ2v) is 8.97. The minimum absolute atomic E-state index is 0.0269. The molecule has 3 rings (SSSR count). The van der Waals surface area contributed by atoms with E-state index in [0.29, 0.717) is 11.3 Å². The molecular weight excluding hydrogens is 452 g/mol. The van der Waals surface area contributed by atoms with Gasteiger partial charge in [-0.3, -0.25) is 14.3 Å². The van der Waals surface area contributed by atoms with E-state index in [9.17, 15) is 26.8 Å². The van der Waals surface area contributed by atoms with Gasteiger partial charge in [0.05, 0.1) is 11.4 Å². The summed E-state index contributed by atoms with van der Waals surface area (Å²) >= 11 is 0. The zero-order valence-corrected chi connectivity index (χ0v) is 18.6. The van der Waals surface area contributed by atoms with Crippen LogP contribution in [0.25, 0.3) is 0 Å². The number of aryl methyl sites for hydroxylation is 2. The SMILES string of the molecule is Cc1cccc(NS(=O)(=O)c2cc(C(=O)NCC(=O)Nc3ccc(F)c(F)c3)ccc2C)c1. The fraction of sp³-hybridized carbons (Fsp3) is 0.130. The number of anilines is 2. The van der Waals surface area contributed by atoms with Gasteiger partial charge < -0.3 is 10.6 Å². The number of hydrogen-bond acceptors (Lipinski definition) is 4. The molecule has 0 radical (unpaired) electrons. The molecule has 7 nitrogen and oxygen atoms in total. The van der Waals surface area contributed by atoms with E-state index in [0.717, 1.165) is 17.7 Å². The third-order valence-corrected chi connectivity index (χ3v) is 6.15. The lowest BCUT2D eigenvalue weighted by Crippen LogP contribution is -2.33. The highest BCUT2D eigenvalue weighted by Gasteiger charge is 2.20. The van der Waals surface area contributed by atoms with Crippen LogP contribution >= 0.6 is 0 Å². The first-order chi connectivity index (χ1) is 15.5. The van der Waals surface area contributed by atoms with Gasteiger partial charge in [-0.15, -0.1) is 0 Å². The van der Waals surface area contributed by atoms with Crippen molar-refractivity contribution in [1.82, 2.24) is 5.32 Å². The van der Waals surface area contributed by atoms with Gasteiger partial charge in [0, 0.05) is 23.0 Å². The molecule has 0 aliphatic carbocycles. The van der Waals surface area contributed by atoms with Crippen molar-refractivity contribution in [2.45, 2.75) is 18.7 Å². The van der Waals surface area contributed by atoms with Gasteiger partial charge in [-0.25, -0.2) is 17.2 Å². The smallest absolute Gasteiger partial charge is 0.262 e. The van der Waals surface area contributed by atoms with Crippen LogP contribution < -0.4 is 15.4 Å². The predicted octanol–water partition coefficient (Wildman–Crippen LogP) is 3.75. The monoisotopic (exact) mass is 473 g/mol. The highest BCUT2D eigenvalue weighted by atomic mass is 32.2. The molecule has 0 saturated carbocycles. The molecule has 0 saturated heterocycles. The van der Waals surface area contributed by atoms with Crippen molar-refractivity contribution in [1.29, 1.82) is 0 Å². The molecule has 0 fully saturated rings. The first kappa shape index (κ1) is 23.9. The quantitative estimate of drug-likeness (QED) is 0.486. The predicted molar refractivity (Wildman–Crippen MR) is 120 cm³/mol. The average molecular weight is 474 g/mol. The normalized spacial score (nSPS) is 11.0. The number of amides is 2. The maximum absolute atomic E-state index is 13.2. The molecule has 3 aromatic carbocycles. The van der Waals surface area contributed by atoms with Crippen LogP contribution in [0.5, 0.6) is 0 Å². The van der Waals surface area contributed by atoms with Crippen LogP contribution in [0, 0.1) is 25.5 Å². The Morgan fingerprint density at radius 2 is 1.64 bits per heavy atom. The Kier molecular flexibility index (Phi) is 7.07. The second-order valence-electron chi connectivity index (χ2n) is 7.31. The van der Waals surface area contributed by atoms with Crippen molar-refractivity contribution in [2.75, 3.05) is 16.6 Å². The Morgan fingerprint density at radius 1 is 0.879 bits per heavy atom. The van der Waals surface area contributed by atoms with Crippen molar-refractivity contribution < 1.29 is 26.8 Å². The van der Waals surface area contributed by atoms with E-state index in [1.165, 1.54) is 24.3 Å². The van der Waals surface area contributed by atoms with Crippen LogP contribution in [0.1, 0.15) is 21.5 Å². The van der Waals surface area contributed by atoms with Crippen molar-refractivity contribution in [2.24, 2.45) is 0 Å². The summed E-state index contributed by atoms with van der Waals surface area (Å²) in [5, 5.41) is 4.69. The lowest BCUT2D eigenvalue weighted by Gasteiger charge is -2.13. The van der Waals surface area contributed by atoms with E-state index in [4.69, 9.17) is 0 Å². The van der Waals surface area contributed by atoms with Crippen molar-refractivity contribution in [3.05, 3.63) is 89.0 Å². The lowest BCUT2D eigenvalue weighted by atomic mass is 10.1. The zero-order chi connectivity index (χ0) is 24.2. The van der Waals surface area contributed by atoms with Gasteiger partial charge in [0.2, 0.25) is 5.91 Å². The van der Waals surface area contributed by atoms with E-state index in [2.05, 4.69) is 15.4 Å². The number of carbonyl (C=O) groups is 2. The third-order valence-electron chi connectivity index (χ3n) is 4.62. The summed E-state index contributed by atoms with van der Waals surface area (Å²) in [6.07, 6.45) is 0. The van der Waals surface area contributed by atoms with Crippen LogP contribution in [0.2, 0.25) is 0 Å². The van der Waals surface area contributed by atoms with E-state index in [1.807, 2.05) is 13.0 Å². The average Bonchev–Trinajstić information content (AvgIpc) is 2.74. The second kappa shape index (κ2) is 9.78. The maximum atomic E-state index is 13.2. The molecule has 2 amide bonds. The molecule has 3 aromatic rings. The molecule has 33 heavy (non-hydrogen) atoms. The number of halogens is 2. The number of benzene rings is 3. The molecule has 3 N–H and O–H groups in total. The number of nitrogens with one attached hydrogen (secondary N) is 3. The summed E-state index contributed by atoms with van der Waals surface area (Å²) in [5.74, 6) is -3.52. The number of sulfonamides is 1. The van der Waals surface area contributed by atoms with Gasteiger partial charge in [-0.2, -0.15) is 0 Å². The summed E-state index contributed by atoms with van der Waals surface area (Å²) in [6.45, 7) is 2.97. The maximum Gasteiger partial charge on any atom is 0.262 e. The Morgan fingerprint density at radius 3 is 2.33 bits per heavy atom. The Labute approximate surface area is 189 Å². The van der Waals surface area contributed by atoms with Gasteiger partial charge in [0.25, 0.3) is 15.9 Å². The van der Waals surface area contributed by atoms with Gasteiger partial charge in [0.1, 0.15) is 0 Å². The molecule has 0 heterocycles. The Bertz CT molecular complexity index is 1330. The summed E-state index contributed by atoms with van der Waals surface area (Å²) < 4.78 is 54.4. The lowest BCUT2D eigenvalue weighted by molar-refractivity contribution is -0.115. The molecule has 0 bridgehead atoms. The minimum atomic E-state index is -3.97. The highest BCUT2D eigenvalue weighted by molar-refractivity contribution is 7.92. The van der Waals surface area contributed by atoms with E-state index >= 15 is 0 Å². The van der Waals surface area contributed by atoms with Gasteiger partial charge in [0.15, 0.2) is 11.6 Å². The van der Waals surface area contributed by atoms with Gasteiger partial charge in [-0.05, 0) is 61.4 Å². The van der Waals surface area contributed by atoms with Crippen molar-refractivity contribution >= 4 is 33.2 Å². The number of hydrogen-bond donors (Lipinski definition) is 3. The van der Waals surface area contributed by atoms with Crippen LogP contribution in [0.3, 0.4) is 0 Å². The molecule has 0 aliphatic rings. The first-order valence-electron chi connectivity index (χ1n) is 9.78. The van der Waals surface area contributed by atoms with Crippen molar-refractivity contribution in [3.63, 3.8) is 0 Å². The Balaban J connectivity index is 1.69. The largest absolute Gasteiger partial charge is 0.343 e. The first-order valence-corrected chi connectivity index (χ1v) is 11.3. The van der Waals surface area contributed by atoms with Gasteiger partial charge >= 0.3 is 0 Å². The van der Waals surface area contributed by atoms with Crippen LogP contribution in [0.15, 0.2) is 65.6 Å². The Hall–Kier alpha value is -3.79. The summed E-state index contributed by atoms with van der Waals surface area (Å²) in [6, 6.07) is 13.8. The van der Waals surface area contributed by atoms with E-state index < -0.39 is 40.0 Å². The molecule has 0 atom stereocenters.